The second-order valence-corrected chi connectivity index (χ2v) is 11.0. The number of benzene rings is 1. The summed E-state index contributed by atoms with van der Waals surface area (Å²) in [5, 5.41) is 5.53. The molecule has 9 heteroatoms. The molecule has 3 atom stereocenters. The Balaban J connectivity index is 1.53. The highest BCUT2D eigenvalue weighted by atomic mass is 32.1. The van der Waals surface area contributed by atoms with Crippen molar-refractivity contribution < 1.29 is 18.8 Å². The van der Waals surface area contributed by atoms with Gasteiger partial charge in [0.2, 0.25) is 17.6 Å². The van der Waals surface area contributed by atoms with Gasteiger partial charge in [-0.25, -0.2) is 9.37 Å². The van der Waals surface area contributed by atoms with Gasteiger partial charge >= 0.3 is 0 Å². The van der Waals surface area contributed by atoms with Crippen molar-refractivity contribution in [2.24, 2.45) is 5.92 Å². The molecule has 2 aromatic rings. The van der Waals surface area contributed by atoms with Crippen LogP contribution in [0.15, 0.2) is 29.6 Å². The molecular formula is C27H35FN4O3S. The molecule has 0 bridgehead atoms. The van der Waals surface area contributed by atoms with Crippen LogP contribution in [0.2, 0.25) is 0 Å². The quantitative estimate of drug-likeness (QED) is 0.534. The lowest BCUT2D eigenvalue weighted by Crippen LogP contribution is -2.55. The smallest absolute Gasteiger partial charge is 0.246 e. The van der Waals surface area contributed by atoms with E-state index in [1.165, 1.54) is 35.6 Å². The fourth-order valence-corrected chi connectivity index (χ4v) is 6.06. The van der Waals surface area contributed by atoms with Crippen molar-refractivity contribution in [2.45, 2.75) is 70.0 Å². The number of carbonyl (C=O) groups is 3. The number of aromatic nitrogens is 1. The summed E-state index contributed by atoms with van der Waals surface area (Å²) >= 11 is 1.37. The maximum absolute atomic E-state index is 13.9. The topological polar surface area (TPSA) is 82.6 Å². The Kier molecular flexibility index (Phi) is 8.51. The SMILES string of the molecule is C[C@@H](C(=O)N[C@H](C(=O)N1CCCC1c1nc(C(=O)c2ccc(F)cc2)cs1)C1CCCCC1)N(C)C. The Bertz CT molecular complexity index is 1080. The number of carbonyl (C=O) groups excluding carboxylic acids is 3. The Morgan fingerprint density at radius 3 is 2.44 bits per heavy atom. The van der Waals surface area contributed by atoms with Gasteiger partial charge in [0.1, 0.15) is 22.6 Å². The second-order valence-electron chi connectivity index (χ2n) is 10.1. The van der Waals surface area contributed by atoms with Gasteiger partial charge in [-0.2, -0.15) is 0 Å². The molecular weight excluding hydrogens is 479 g/mol. The standard InChI is InChI=1S/C27H35FN4O3S/c1-17(31(2)3)25(34)30-23(18-8-5-4-6-9-18)27(35)32-15-7-10-22(32)26-29-21(16-36-26)24(33)19-11-13-20(28)14-12-19/h11-14,16-18,22-23H,4-10,15H2,1-3H3,(H,30,34)/t17-,22?,23-/m0/s1. The minimum atomic E-state index is -0.555. The van der Waals surface area contributed by atoms with E-state index in [0.717, 1.165) is 50.0 Å². The molecule has 2 amide bonds. The number of hydrogen-bond donors (Lipinski definition) is 1. The Morgan fingerprint density at radius 1 is 1.08 bits per heavy atom. The van der Waals surface area contributed by atoms with E-state index in [0.29, 0.717) is 17.8 Å². The van der Waals surface area contributed by atoms with Crippen LogP contribution in [0.1, 0.15) is 79.0 Å². The molecule has 2 aliphatic rings. The number of likely N-dealkylation sites (tertiary alicyclic amines) is 1. The summed E-state index contributed by atoms with van der Waals surface area (Å²) in [5.74, 6) is -0.729. The number of rotatable bonds is 8. The molecule has 1 aliphatic carbocycles. The zero-order chi connectivity index (χ0) is 25.8. The Hall–Kier alpha value is -2.65. The molecule has 0 radical (unpaired) electrons. The van der Waals surface area contributed by atoms with E-state index in [1.54, 1.807) is 5.38 Å². The van der Waals surface area contributed by atoms with Gasteiger partial charge in [-0.3, -0.25) is 19.3 Å². The molecule has 2 fully saturated rings. The largest absolute Gasteiger partial charge is 0.343 e. The maximum atomic E-state index is 13.9. The van der Waals surface area contributed by atoms with E-state index in [4.69, 9.17) is 0 Å². The van der Waals surface area contributed by atoms with Crippen LogP contribution in [-0.2, 0) is 9.59 Å². The van der Waals surface area contributed by atoms with Crippen molar-refractivity contribution in [2.75, 3.05) is 20.6 Å². The lowest BCUT2D eigenvalue weighted by molar-refractivity contribution is -0.140. The molecule has 2 heterocycles. The highest BCUT2D eigenvalue weighted by molar-refractivity contribution is 7.10. The average molecular weight is 515 g/mol. The molecule has 0 spiro atoms. The summed E-state index contributed by atoms with van der Waals surface area (Å²) in [4.78, 5) is 48.0. The third kappa shape index (κ3) is 5.83. The van der Waals surface area contributed by atoms with Gasteiger partial charge in [0.25, 0.3) is 0 Å². The minimum Gasteiger partial charge on any atom is -0.343 e. The van der Waals surface area contributed by atoms with Crippen molar-refractivity contribution in [3.05, 3.63) is 51.7 Å². The number of ketones is 1. The van der Waals surface area contributed by atoms with Crippen molar-refractivity contribution >= 4 is 28.9 Å². The van der Waals surface area contributed by atoms with Crippen LogP contribution >= 0.6 is 11.3 Å². The van der Waals surface area contributed by atoms with Crippen molar-refractivity contribution in [1.82, 2.24) is 20.1 Å². The second kappa shape index (κ2) is 11.6. The van der Waals surface area contributed by atoms with Gasteiger partial charge in [0, 0.05) is 17.5 Å². The zero-order valence-corrected chi connectivity index (χ0v) is 22.0. The van der Waals surface area contributed by atoms with Crippen LogP contribution in [0, 0.1) is 11.7 Å². The Labute approximate surface area is 216 Å². The first-order valence-electron chi connectivity index (χ1n) is 12.8. The molecule has 1 N–H and O–H groups in total. The van der Waals surface area contributed by atoms with Gasteiger partial charge in [0.15, 0.2) is 0 Å². The molecule has 1 aromatic heterocycles. The fourth-order valence-electron chi connectivity index (χ4n) is 5.12. The van der Waals surface area contributed by atoms with Crippen LogP contribution in [0.5, 0.6) is 0 Å². The normalized spacial score (nSPS) is 20.4. The molecule has 194 valence electrons. The van der Waals surface area contributed by atoms with Gasteiger partial charge in [0.05, 0.1) is 12.1 Å². The first-order chi connectivity index (χ1) is 17.3. The van der Waals surface area contributed by atoms with E-state index in [1.807, 2.05) is 30.8 Å². The number of thiazole rings is 1. The van der Waals surface area contributed by atoms with E-state index >= 15 is 0 Å². The van der Waals surface area contributed by atoms with Crippen LogP contribution in [0.3, 0.4) is 0 Å². The van der Waals surface area contributed by atoms with Gasteiger partial charge in [-0.05, 0) is 76.9 Å². The molecule has 1 aliphatic heterocycles. The first-order valence-corrected chi connectivity index (χ1v) is 13.7. The lowest BCUT2D eigenvalue weighted by atomic mass is 9.83. The van der Waals surface area contributed by atoms with Crippen LogP contribution < -0.4 is 5.32 Å². The molecule has 1 unspecified atom stereocenters. The molecule has 1 aromatic carbocycles. The van der Waals surface area contributed by atoms with Crippen molar-refractivity contribution in [1.29, 1.82) is 0 Å². The third-order valence-corrected chi connectivity index (χ3v) is 8.47. The molecule has 36 heavy (non-hydrogen) atoms. The van der Waals surface area contributed by atoms with E-state index in [9.17, 15) is 18.8 Å². The van der Waals surface area contributed by atoms with Crippen LogP contribution in [0.25, 0.3) is 0 Å². The summed E-state index contributed by atoms with van der Waals surface area (Å²) in [6, 6.07) is 4.32. The van der Waals surface area contributed by atoms with E-state index in [-0.39, 0.29) is 35.6 Å². The van der Waals surface area contributed by atoms with Crippen LogP contribution in [-0.4, -0.2) is 65.1 Å². The van der Waals surface area contributed by atoms with E-state index in [2.05, 4.69) is 10.3 Å². The number of hydrogen-bond acceptors (Lipinski definition) is 6. The number of likely N-dealkylation sites (N-methyl/N-ethyl adjacent to an activating group) is 1. The number of halogens is 1. The molecule has 7 nitrogen and oxygen atoms in total. The molecule has 1 saturated heterocycles. The summed E-state index contributed by atoms with van der Waals surface area (Å²) in [6.07, 6.45) is 6.77. The van der Waals surface area contributed by atoms with Gasteiger partial charge < -0.3 is 10.2 Å². The summed E-state index contributed by atoms with van der Waals surface area (Å²) in [6.45, 7) is 2.44. The highest BCUT2D eigenvalue weighted by Gasteiger charge is 2.40. The van der Waals surface area contributed by atoms with Crippen molar-refractivity contribution in [3.63, 3.8) is 0 Å². The highest BCUT2D eigenvalue weighted by Crippen LogP contribution is 2.36. The predicted molar refractivity (Wildman–Crippen MR) is 137 cm³/mol. The van der Waals surface area contributed by atoms with Crippen LogP contribution in [0.4, 0.5) is 4.39 Å². The fraction of sp³-hybridized carbons (Fsp3) is 0.556. The average Bonchev–Trinajstić information content (AvgIpc) is 3.56. The third-order valence-electron chi connectivity index (χ3n) is 7.52. The summed E-state index contributed by atoms with van der Waals surface area (Å²) < 4.78 is 13.3. The number of nitrogens with zero attached hydrogens (tertiary/aromatic N) is 3. The number of amides is 2. The summed E-state index contributed by atoms with van der Waals surface area (Å²) in [5.41, 5.74) is 0.681. The zero-order valence-electron chi connectivity index (χ0n) is 21.2. The predicted octanol–water partition coefficient (Wildman–Crippen LogP) is 4.19. The monoisotopic (exact) mass is 514 g/mol. The number of nitrogens with one attached hydrogen (secondary N) is 1. The summed E-state index contributed by atoms with van der Waals surface area (Å²) in [7, 11) is 3.71. The molecule has 1 saturated carbocycles. The Morgan fingerprint density at radius 2 is 1.78 bits per heavy atom. The lowest BCUT2D eigenvalue weighted by Gasteiger charge is -2.35. The van der Waals surface area contributed by atoms with Crippen molar-refractivity contribution in [3.8, 4) is 0 Å². The minimum absolute atomic E-state index is 0.0506. The maximum Gasteiger partial charge on any atom is 0.246 e. The van der Waals surface area contributed by atoms with Gasteiger partial charge in [-0.15, -0.1) is 11.3 Å². The van der Waals surface area contributed by atoms with E-state index < -0.39 is 11.9 Å². The first kappa shape index (κ1) is 26.4. The van der Waals surface area contributed by atoms with Gasteiger partial charge in [-0.1, -0.05) is 19.3 Å². The molecule has 4 rings (SSSR count).